The van der Waals surface area contributed by atoms with Gasteiger partial charge in [-0.3, -0.25) is 0 Å². The van der Waals surface area contributed by atoms with Crippen molar-refractivity contribution in [2.45, 2.75) is 57.5 Å². The van der Waals surface area contributed by atoms with Crippen LogP contribution < -0.4 is 0 Å². The van der Waals surface area contributed by atoms with E-state index in [1.54, 1.807) is 0 Å². The largest absolute Gasteiger partial charge is 0.360 e. The Morgan fingerprint density at radius 1 is 1.42 bits per heavy atom. The van der Waals surface area contributed by atoms with Gasteiger partial charge in [-0.2, -0.15) is 0 Å². The fourth-order valence-electron chi connectivity index (χ4n) is 2.69. The Hall–Kier alpha value is -0.110. The van der Waals surface area contributed by atoms with Gasteiger partial charge in [0.2, 0.25) is 0 Å². The third kappa shape index (κ3) is 1.26. The minimum Gasteiger partial charge on any atom is -0.360 e. The van der Waals surface area contributed by atoms with Crippen molar-refractivity contribution in [1.29, 1.82) is 0 Å². The molecule has 2 heteroatoms. The first-order valence-electron chi connectivity index (χ1n) is 5.14. The zero-order valence-electron chi connectivity index (χ0n) is 7.75. The van der Waals surface area contributed by atoms with Gasteiger partial charge in [-0.1, -0.05) is 25.6 Å². The van der Waals surface area contributed by atoms with E-state index in [9.17, 15) is 0 Å². The summed E-state index contributed by atoms with van der Waals surface area (Å²) in [7, 11) is 0. The van der Waals surface area contributed by atoms with Gasteiger partial charge >= 0.3 is 0 Å². The van der Waals surface area contributed by atoms with E-state index in [0.717, 1.165) is 12.1 Å². The lowest BCUT2D eigenvalue weighted by molar-refractivity contribution is 0.325. The van der Waals surface area contributed by atoms with E-state index in [1.807, 2.05) is 0 Å². The van der Waals surface area contributed by atoms with Crippen molar-refractivity contribution in [3.63, 3.8) is 0 Å². The maximum atomic E-state index is 5.37. The summed E-state index contributed by atoms with van der Waals surface area (Å²) in [6.07, 6.45) is 7.94. The molecule has 0 N–H and O–H groups in total. The lowest BCUT2D eigenvalue weighted by atomic mass is 10.1. The Balaban J connectivity index is 2.04. The van der Waals surface area contributed by atoms with Gasteiger partial charge in [0.1, 0.15) is 0 Å². The molecule has 0 radical (unpaired) electrons. The SMILES string of the molecule is CCCC1CCC2CCC(=S)N12. The maximum absolute atomic E-state index is 5.37. The molecule has 2 fully saturated rings. The van der Waals surface area contributed by atoms with Crippen LogP contribution in [0.1, 0.15) is 45.4 Å². The molecular weight excluding hydrogens is 166 g/mol. The Morgan fingerprint density at radius 3 is 3.00 bits per heavy atom. The molecule has 2 atom stereocenters. The molecule has 2 aliphatic heterocycles. The Bertz CT molecular complexity index is 188. The first kappa shape index (κ1) is 8.49. The number of hydrogen-bond acceptors (Lipinski definition) is 1. The molecule has 2 aliphatic rings. The van der Waals surface area contributed by atoms with Crippen LogP contribution in [0, 0.1) is 0 Å². The van der Waals surface area contributed by atoms with Crippen molar-refractivity contribution in [2.24, 2.45) is 0 Å². The molecule has 2 rings (SSSR count). The standard InChI is InChI=1S/C10H17NS/c1-2-3-8-4-5-9-6-7-10(12)11(8)9/h8-9H,2-7H2,1H3. The van der Waals surface area contributed by atoms with Crippen molar-refractivity contribution < 1.29 is 0 Å². The van der Waals surface area contributed by atoms with Crippen LogP contribution in [-0.2, 0) is 0 Å². The molecular formula is C10H17NS. The Kier molecular flexibility index (Phi) is 2.35. The third-order valence-electron chi connectivity index (χ3n) is 3.22. The minimum atomic E-state index is 0.801. The van der Waals surface area contributed by atoms with Crippen molar-refractivity contribution in [1.82, 2.24) is 4.90 Å². The van der Waals surface area contributed by atoms with Gasteiger partial charge in [0, 0.05) is 12.1 Å². The zero-order chi connectivity index (χ0) is 8.55. The van der Waals surface area contributed by atoms with Crippen LogP contribution in [0.2, 0.25) is 0 Å². The van der Waals surface area contributed by atoms with E-state index in [2.05, 4.69) is 11.8 Å². The molecule has 0 aliphatic carbocycles. The van der Waals surface area contributed by atoms with Crippen molar-refractivity contribution in [3.8, 4) is 0 Å². The van der Waals surface area contributed by atoms with Crippen LogP contribution >= 0.6 is 12.2 Å². The second-order valence-electron chi connectivity index (χ2n) is 4.01. The number of thiocarbonyl (C=S) groups is 1. The van der Waals surface area contributed by atoms with E-state index in [4.69, 9.17) is 12.2 Å². The molecule has 2 unspecified atom stereocenters. The predicted molar refractivity (Wildman–Crippen MR) is 55.4 cm³/mol. The molecule has 2 heterocycles. The Morgan fingerprint density at radius 2 is 2.25 bits per heavy atom. The highest BCUT2D eigenvalue weighted by Gasteiger charge is 2.38. The highest BCUT2D eigenvalue weighted by Crippen LogP contribution is 2.35. The zero-order valence-corrected chi connectivity index (χ0v) is 8.57. The van der Waals surface area contributed by atoms with Crippen molar-refractivity contribution >= 4 is 17.2 Å². The summed E-state index contributed by atoms with van der Waals surface area (Å²) in [5.74, 6) is 0. The molecule has 0 aromatic heterocycles. The fourth-order valence-corrected chi connectivity index (χ4v) is 3.10. The van der Waals surface area contributed by atoms with E-state index < -0.39 is 0 Å². The molecule has 0 spiro atoms. The topological polar surface area (TPSA) is 3.24 Å². The fraction of sp³-hybridized carbons (Fsp3) is 0.900. The normalized spacial score (nSPS) is 34.4. The minimum absolute atomic E-state index is 0.801. The van der Waals surface area contributed by atoms with Crippen LogP contribution in [0.4, 0.5) is 0 Å². The molecule has 1 nitrogen and oxygen atoms in total. The third-order valence-corrected chi connectivity index (χ3v) is 3.64. The van der Waals surface area contributed by atoms with Crippen LogP contribution in [0.5, 0.6) is 0 Å². The highest BCUT2D eigenvalue weighted by molar-refractivity contribution is 7.80. The molecule has 0 aromatic carbocycles. The first-order chi connectivity index (χ1) is 5.83. The molecule has 0 amide bonds. The van der Waals surface area contributed by atoms with Crippen LogP contribution in [0.3, 0.4) is 0 Å². The molecule has 68 valence electrons. The predicted octanol–water partition coefficient (Wildman–Crippen LogP) is 2.74. The summed E-state index contributed by atoms with van der Waals surface area (Å²) >= 11 is 5.37. The summed E-state index contributed by atoms with van der Waals surface area (Å²) in [4.78, 5) is 3.79. The van der Waals surface area contributed by atoms with Crippen LogP contribution in [0.25, 0.3) is 0 Å². The maximum Gasteiger partial charge on any atom is 0.0785 e. The number of hydrogen-bond donors (Lipinski definition) is 0. The summed E-state index contributed by atoms with van der Waals surface area (Å²) in [6.45, 7) is 2.27. The molecule has 0 aromatic rings. The molecule has 12 heavy (non-hydrogen) atoms. The molecule has 0 saturated carbocycles. The lowest BCUT2D eigenvalue weighted by Crippen LogP contribution is -2.33. The second-order valence-corrected chi connectivity index (χ2v) is 4.48. The summed E-state index contributed by atoms with van der Waals surface area (Å²) < 4.78 is 0. The molecule has 0 bridgehead atoms. The van der Waals surface area contributed by atoms with Crippen LogP contribution in [0.15, 0.2) is 0 Å². The van der Waals surface area contributed by atoms with E-state index in [0.29, 0.717) is 0 Å². The second kappa shape index (κ2) is 3.33. The Labute approximate surface area is 80.1 Å². The number of fused-ring (bicyclic) bond motifs is 1. The first-order valence-corrected chi connectivity index (χ1v) is 5.55. The van der Waals surface area contributed by atoms with Gasteiger partial charge in [0.25, 0.3) is 0 Å². The van der Waals surface area contributed by atoms with Gasteiger partial charge in [-0.15, -0.1) is 0 Å². The van der Waals surface area contributed by atoms with Gasteiger partial charge < -0.3 is 4.90 Å². The highest BCUT2D eigenvalue weighted by atomic mass is 32.1. The smallest absolute Gasteiger partial charge is 0.0785 e. The summed E-state index contributed by atoms with van der Waals surface area (Å²) in [6, 6.07) is 1.63. The average molecular weight is 183 g/mol. The van der Waals surface area contributed by atoms with Crippen molar-refractivity contribution in [3.05, 3.63) is 0 Å². The average Bonchev–Trinajstić information content (AvgIpc) is 2.58. The van der Waals surface area contributed by atoms with Gasteiger partial charge in [0.15, 0.2) is 0 Å². The van der Waals surface area contributed by atoms with E-state index >= 15 is 0 Å². The van der Waals surface area contributed by atoms with Crippen LogP contribution in [-0.4, -0.2) is 22.0 Å². The van der Waals surface area contributed by atoms with Gasteiger partial charge in [-0.05, 0) is 32.1 Å². The quantitative estimate of drug-likeness (QED) is 0.606. The van der Waals surface area contributed by atoms with Gasteiger partial charge in [-0.25, -0.2) is 0 Å². The summed E-state index contributed by atoms with van der Waals surface area (Å²) in [5, 5.41) is 0. The summed E-state index contributed by atoms with van der Waals surface area (Å²) in [5.41, 5.74) is 0. The number of rotatable bonds is 2. The number of nitrogens with zero attached hydrogens (tertiary/aromatic N) is 1. The van der Waals surface area contributed by atoms with E-state index in [-0.39, 0.29) is 0 Å². The van der Waals surface area contributed by atoms with Gasteiger partial charge in [0.05, 0.1) is 4.99 Å². The monoisotopic (exact) mass is 183 g/mol. The van der Waals surface area contributed by atoms with E-state index in [1.165, 1.54) is 43.5 Å². The van der Waals surface area contributed by atoms with Crippen molar-refractivity contribution in [2.75, 3.05) is 0 Å². The lowest BCUT2D eigenvalue weighted by Gasteiger charge is -2.25. The molecule has 2 saturated heterocycles.